The van der Waals surface area contributed by atoms with Crippen LogP contribution in [0.5, 0.6) is 11.5 Å². The number of hydrogen-bond donors (Lipinski definition) is 0. The second-order valence-corrected chi connectivity index (χ2v) is 4.77. The SMILES string of the molecule is COc1ccc(C(=O)COC(=O)c2c(C)noc2C)cc1OC. The van der Waals surface area contributed by atoms with Crippen molar-refractivity contribution in [1.29, 1.82) is 0 Å². The molecule has 7 nitrogen and oxygen atoms in total. The summed E-state index contributed by atoms with van der Waals surface area (Å²) in [5, 5.41) is 3.67. The standard InChI is InChI=1S/C16H17NO6/c1-9-15(10(2)23-17-9)16(19)22-8-12(18)11-5-6-13(20-3)14(7-11)21-4/h5-7H,8H2,1-4H3. The van der Waals surface area contributed by atoms with Crippen LogP contribution in [0.25, 0.3) is 0 Å². The van der Waals surface area contributed by atoms with E-state index in [4.69, 9.17) is 18.7 Å². The minimum atomic E-state index is -0.643. The number of carbonyl (C=O) groups excluding carboxylic acids is 2. The average Bonchev–Trinajstić information content (AvgIpc) is 2.90. The average molecular weight is 319 g/mol. The van der Waals surface area contributed by atoms with Gasteiger partial charge in [-0.2, -0.15) is 0 Å². The summed E-state index contributed by atoms with van der Waals surface area (Å²) in [6, 6.07) is 4.72. The lowest BCUT2D eigenvalue weighted by atomic mass is 10.1. The molecule has 0 fully saturated rings. The minimum absolute atomic E-state index is 0.241. The van der Waals surface area contributed by atoms with Gasteiger partial charge in [-0.1, -0.05) is 5.16 Å². The molecule has 2 aromatic rings. The lowest BCUT2D eigenvalue weighted by molar-refractivity contribution is 0.0472. The zero-order valence-corrected chi connectivity index (χ0v) is 13.3. The lowest BCUT2D eigenvalue weighted by Crippen LogP contribution is -2.15. The molecule has 2 rings (SSSR count). The largest absolute Gasteiger partial charge is 0.493 e. The van der Waals surface area contributed by atoms with Crippen LogP contribution < -0.4 is 9.47 Å². The maximum absolute atomic E-state index is 12.1. The van der Waals surface area contributed by atoms with E-state index in [-0.39, 0.29) is 11.3 Å². The van der Waals surface area contributed by atoms with Crippen molar-refractivity contribution in [2.75, 3.05) is 20.8 Å². The lowest BCUT2D eigenvalue weighted by Gasteiger charge is -2.09. The fourth-order valence-corrected chi connectivity index (χ4v) is 2.07. The van der Waals surface area contributed by atoms with E-state index in [0.29, 0.717) is 28.5 Å². The number of carbonyl (C=O) groups is 2. The first-order valence-corrected chi connectivity index (χ1v) is 6.83. The van der Waals surface area contributed by atoms with Gasteiger partial charge in [0.05, 0.1) is 19.9 Å². The van der Waals surface area contributed by atoms with Crippen LogP contribution in [-0.4, -0.2) is 37.7 Å². The third-order valence-corrected chi connectivity index (χ3v) is 3.28. The molecule has 23 heavy (non-hydrogen) atoms. The fraction of sp³-hybridized carbons (Fsp3) is 0.312. The van der Waals surface area contributed by atoms with Gasteiger partial charge in [0.2, 0.25) is 0 Å². The van der Waals surface area contributed by atoms with Gasteiger partial charge < -0.3 is 18.7 Å². The van der Waals surface area contributed by atoms with Crippen LogP contribution in [0.15, 0.2) is 22.7 Å². The Morgan fingerprint density at radius 2 is 1.83 bits per heavy atom. The summed E-state index contributed by atoms with van der Waals surface area (Å²) in [6.07, 6.45) is 0. The van der Waals surface area contributed by atoms with Crippen molar-refractivity contribution in [2.24, 2.45) is 0 Å². The number of aryl methyl sites for hydroxylation is 2. The Balaban J connectivity index is 2.07. The van der Waals surface area contributed by atoms with E-state index in [2.05, 4.69) is 5.16 Å². The second-order valence-electron chi connectivity index (χ2n) is 4.77. The Bertz CT molecular complexity index is 715. The van der Waals surface area contributed by atoms with Crippen LogP contribution in [-0.2, 0) is 4.74 Å². The van der Waals surface area contributed by atoms with Gasteiger partial charge in [-0.3, -0.25) is 4.79 Å². The molecular formula is C16H17NO6. The Morgan fingerprint density at radius 3 is 2.39 bits per heavy atom. The number of esters is 1. The molecule has 0 aliphatic rings. The quantitative estimate of drug-likeness (QED) is 0.596. The van der Waals surface area contributed by atoms with Gasteiger partial charge in [0, 0.05) is 5.56 Å². The maximum atomic E-state index is 12.1. The van der Waals surface area contributed by atoms with E-state index < -0.39 is 12.6 Å². The number of rotatable bonds is 6. The number of nitrogens with zero attached hydrogens (tertiary/aromatic N) is 1. The fourth-order valence-electron chi connectivity index (χ4n) is 2.07. The highest BCUT2D eigenvalue weighted by atomic mass is 16.5. The molecule has 1 aromatic heterocycles. The molecule has 0 spiro atoms. The van der Waals surface area contributed by atoms with E-state index in [1.54, 1.807) is 26.0 Å². The van der Waals surface area contributed by atoms with Gasteiger partial charge >= 0.3 is 5.97 Å². The summed E-state index contributed by atoms with van der Waals surface area (Å²) in [4.78, 5) is 24.1. The number of ether oxygens (including phenoxy) is 3. The molecule has 0 N–H and O–H groups in total. The van der Waals surface area contributed by atoms with Gasteiger partial charge in [-0.25, -0.2) is 4.79 Å². The Hall–Kier alpha value is -2.83. The molecular weight excluding hydrogens is 302 g/mol. The molecule has 0 aliphatic heterocycles. The first-order valence-electron chi connectivity index (χ1n) is 6.83. The first-order chi connectivity index (χ1) is 11.0. The van der Waals surface area contributed by atoms with E-state index in [1.165, 1.54) is 20.3 Å². The molecule has 7 heteroatoms. The van der Waals surface area contributed by atoms with Crippen LogP contribution in [0.4, 0.5) is 0 Å². The highest BCUT2D eigenvalue weighted by Crippen LogP contribution is 2.27. The molecule has 1 aromatic carbocycles. The Labute approximate surface area is 133 Å². The molecule has 0 saturated heterocycles. The summed E-state index contributed by atoms with van der Waals surface area (Å²) in [6.45, 7) is 2.84. The summed E-state index contributed by atoms with van der Waals surface area (Å²) in [7, 11) is 2.98. The van der Waals surface area contributed by atoms with E-state index >= 15 is 0 Å². The Kier molecular flexibility index (Phi) is 5.00. The summed E-state index contributed by atoms with van der Waals surface area (Å²) in [5.41, 5.74) is 1.02. The number of Topliss-reactive ketones (excluding diaryl/α,β-unsaturated/α-hetero) is 1. The van der Waals surface area contributed by atoms with Gasteiger partial charge in [-0.15, -0.1) is 0 Å². The van der Waals surface area contributed by atoms with Crippen molar-refractivity contribution in [2.45, 2.75) is 13.8 Å². The second kappa shape index (κ2) is 6.95. The van der Waals surface area contributed by atoms with Crippen molar-refractivity contribution < 1.29 is 28.3 Å². The third-order valence-electron chi connectivity index (χ3n) is 3.28. The van der Waals surface area contributed by atoms with Crippen molar-refractivity contribution >= 4 is 11.8 Å². The van der Waals surface area contributed by atoms with Crippen LogP contribution in [0, 0.1) is 13.8 Å². The zero-order valence-electron chi connectivity index (χ0n) is 13.3. The van der Waals surface area contributed by atoms with Crippen molar-refractivity contribution in [1.82, 2.24) is 5.16 Å². The Morgan fingerprint density at radius 1 is 1.13 bits per heavy atom. The zero-order chi connectivity index (χ0) is 17.0. The summed E-state index contributed by atoms with van der Waals surface area (Å²) >= 11 is 0. The number of ketones is 1. The highest BCUT2D eigenvalue weighted by molar-refractivity contribution is 6.00. The molecule has 0 radical (unpaired) electrons. The van der Waals surface area contributed by atoms with E-state index in [1.807, 2.05) is 0 Å². The number of methoxy groups -OCH3 is 2. The van der Waals surface area contributed by atoms with Gasteiger partial charge in [0.15, 0.2) is 23.9 Å². The molecule has 0 aliphatic carbocycles. The van der Waals surface area contributed by atoms with Gasteiger partial charge in [0.25, 0.3) is 0 Å². The van der Waals surface area contributed by atoms with Crippen LogP contribution in [0.1, 0.15) is 32.2 Å². The van der Waals surface area contributed by atoms with Crippen LogP contribution in [0.3, 0.4) is 0 Å². The van der Waals surface area contributed by atoms with Gasteiger partial charge in [0.1, 0.15) is 11.3 Å². The monoisotopic (exact) mass is 319 g/mol. The third kappa shape index (κ3) is 3.50. The van der Waals surface area contributed by atoms with E-state index in [9.17, 15) is 9.59 Å². The number of hydrogen-bond acceptors (Lipinski definition) is 7. The van der Waals surface area contributed by atoms with Crippen molar-refractivity contribution in [3.63, 3.8) is 0 Å². The molecule has 122 valence electrons. The highest BCUT2D eigenvalue weighted by Gasteiger charge is 2.20. The number of benzene rings is 1. The number of aromatic nitrogens is 1. The molecule has 0 unspecified atom stereocenters. The van der Waals surface area contributed by atoms with E-state index in [0.717, 1.165) is 0 Å². The molecule has 0 amide bonds. The van der Waals surface area contributed by atoms with Crippen molar-refractivity contribution in [3.05, 3.63) is 40.8 Å². The normalized spacial score (nSPS) is 10.3. The maximum Gasteiger partial charge on any atom is 0.344 e. The predicted octanol–water partition coefficient (Wildman–Crippen LogP) is 2.35. The summed E-state index contributed by atoms with van der Waals surface area (Å²) in [5.74, 6) is 0.291. The van der Waals surface area contributed by atoms with Crippen molar-refractivity contribution in [3.8, 4) is 11.5 Å². The summed E-state index contributed by atoms with van der Waals surface area (Å²) < 4.78 is 20.2. The first kappa shape index (κ1) is 16.5. The van der Waals surface area contributed by atoms with Crippen LogP contribution in [0.2, 0.25) is 0 Å². The molecule has 1 heterocycles. The minimum Gasteiger partial charge on any atom is -0.493 e. The predicted molar refractivity (Wildman–Crippen MR) is 80.1 cm³/mol. The van der Waals surface area contributed by atoms with Gasteiger partial charge in [-0.05, 0) is 32.0 Å². The topological polar surface area (TPSA) is 87.9 Å². The molecule has 0 bridgehead atoms. The van der Waals surface area contributed by atoms with Crippen LogP contribution >= 0.6 is 0 Å². The molecule has 0 atom stereocenters. The molecule has 0 saturated carbocycles. The smallest absolute Gasteiger partial charge is 0.344 e.